The first-order valence-electron chi connectivity index (χ1n) is 23.8. The number of aryl methyl sites for hydroxylation is 2. The van der Waals surface area contributed by atoms with Gasteiger partial charge in [-0.2, -0.15) is 5.43 Å². The fourth-order valence-corrected chi connectivity index (χ4v) is 10.1. The Morgan fingerprint density at radius 3 is 2.47 bits per heavy atom. The largest absolute Gasteiger partial charge is 0.462 e. The van der Waals surface area contributed by atoms with Crippen molar-refractivity contribution in [1.29, 1.82) is 0 Å². The van der Waals surface area contributed by atoms with Gasteiger partial charge in [-0.15, -0.1) is 0 Å². The fraction of sp³-hybridized carbons (Fsp3) is 0.509. The van der Waals surface area contributed by atoms with E-state index in [0.29, 0.717) is 25.9 Å². The average Bonchev–Trinajstić information content (AvgIpc) is 3.92. The molecule has 3 N–H and O–H groups in total. The number of carbonyl (C=O) groups is 5. The molecular formula is C53H71N7O8. The minimum atomic E-state index is -2.24. The number of hydrogen-bond donors (Lipinski definition) is 3. The quantitative estimate of drug-likeness (QED) is 0.0834. The van der Waals surface area contributed by atoms with E-state index >= 15 is 0 Å². The predicted molar refractivity (Wildman–Crippen MR) is 265 cm³/mol. The lowest BCUT2D eigenvalue weighted by Gasteiger charge is -2.40. The van der Waals surface area contributed by atoms with Gasteiger partial charge in [-0.05, 0) is 93.3 Å². The first kappa shape index (κ1) is 51.5. The number of aromatic nitrogens is 1. The van der Waals surface area contributed by atoms with Gasteiger partial charge in [0.2, 0.25) is 23.4 Å². The van der Waals surface area contributed by atoms with E-state index in [9.17, 15) is 29.1 Å². The van der Waals surface area contributed by atoms with Gasteiger partial charge in [0.25, 0.3) is 5.91 Å². The maximum absolute atomic E-state index is 14.8. The lowest BCUT2D eigenvalue weighted by molar-refractivity contribution is -0.189. The predicted octanol–water partition coefficient (Wildman–Crippen LogP) is 6.15. The zero-order valence-electron chi connectivity index (χ0n) is 41.6. The van der Waals surface area contributed by atoms with E-state index in [1.807, 2.05) is 66.7 Å². The third-order valence-electron chi connectivity index (χ3n) is 13.5. The second-order valence-electron chi connectivity index (χ2n) is 19.6. The number of benzene rings is 2. The number of nitrogens with zero attached hydrogens (tertiary/aromatic N) is 5. The summed E-state index contributed by atoms with van der Waals surface area (Å²) in [6, 6.07) is 10.3. The Labute approximate surface area is 401 Å². The third kappa shape index (κ3) is 10.7. The molecule has 0 aliphatic carbocycles. The van der Waals surface area contributed by atoms with Crippen LogP contribution in [0.1, 0.15) is 90.1 Å². The first-order valence-corrected chi connectivity index (χ1v) is 23.8. The van der Waals surface area contributed by atoms with Crippen LogP contribution in [-0.4, -0.2) is 125 Å². The minimum absolute atomic E-state index is 0.0174. The number of hydrogen-bond acceptors (Lipinski definition) is 10. The molecule has 15 nitrogen and oxygen atoms in total. The zero-order chi connectivity index (χ0) is 49.8. The molecule has 6 rings (SSSR count). The van der Waals surface area contributed by atoms with Crippen molar-refractivity contribution < 1.29 is 38.6 Å². The Morgan fingerprint density at radius 1 is 1.09 bits per heavy atom. The van der Waals surface area contributed by atoms with E-state index in [4.69, 9.17) is 14.5 Å². The molecule has 4 amide bonds. The first-order chi connectivity index (χ1) is 32.2. The highest BCUT2D eigenvalue weighted by molar-refractivity contribution is 5.96. The van der Waals surface area contributed by atoms with Crippen LogP contribution in [0.2, 0.25) is 0 Å². The number of likely N-dealkylation sites (tertiary alicyclic amines) is 1. The van der Waals surface area contributed by atoms with Crippen LogP contribution in [0, 0.1) is 24.2 Å². The molecule has 3 aliphatic rings. The standard InChI is InChI=1S/C53H71N7O8/c1-13-39(45(54-15-3)34(8)67-12)47-41-29-52(9,10)31-68-51(65)53(66)21-17-22-60(56-53)50(64)42(27-35-24-33(7)25-38(26-35)36-18-19-43(40(41)28-36)59(47)16-4)55-48(62)46(32(5)6)57(11)49(63)37-20-23-58(30-37)44(61)14-2/h13-15,18-19,24-26,28,32,34,37,42,46,56,66H,1-2,16-17,20-23,27,29-31H2,3-12H3,(H,55,62)/b45-39+,54-15-/t34-,37-,42-,46-,53-/m0/s1. The molecule has 15 heteroatoms. The number of likely N-dealkylation sites (N-methyl/N-ethyl adjacent to an activating group) is 1. The molecule has 0 radical (unpaired) electrons. The summed E-state index contributed by atoms with van der Waals surface area (Å²) in [6.45, 7) is 24.8. The van der Waals surface area contributed by atoms with Crippen molar-refractivity contribution in [3.63, 3.8) is 0 Å². The molecular weight excluding hydrogens is 863 g/mol. The summed E-state index contributed by atoms with van der Waals surface area (Å²) in [5.41, 5.74) is 7.90. The number of cyclic esters (lactones) is 1. The van der Waals surface area contributed by atoms with Gasteiger partial charge in [-0.3, -0.25) is 29.2 Å². The third-order valence-corrected chi connectivity index (χ3v) is 13.5. The van der Waals surface area contributed by atoms with E-state index in [1.54, 1.807) is 25.3 Å². The summed E-state index contributed by atoms with van der Waals surface area (Å²) in [5, 5.41) is 17.1. The molecule has 3 aromatic rings. The minimum Gasteiger partial charge on any atom is -0.462 e. The highest BCUT2D eigenvalue weighted by Gasteiger charge is 2.46. The molecule has 2 fully saturated rings. The molecule has 5 atom stereocenters. The lowest BCUT2D eigenvalue weighted by Crippen LogP contribution is -2.67. The van der Waals surface area contributed by atoms with Crippen LogP contribution in [0.3, 0.4) is 0 Å². The van der Waals surface area contributed by atoms with Crippen molar-refractivity contribution in [2.75, 3.05) is 40.4 Å². The Bertz CT molecular complexity index is 2520. The van der Waals surface area contributed by atoms with Gasteiger partial charge in [0, 0.05) is 81.3 Å². The van der Waals surface area contributed by atoms with Gasteiger partial charge in [0.15, 0.2) is 0 Å². The molecule has 2 aromatic carbocycles. The Balaban J connectivity index is 1.49. The molecule has 3 aliphatic heterocycles. The summed E-state index contributed by atoms with van der Waals surface area (Å²) in [4.78, 5) is 77.5. The summed E-state index contributed by atoms with van der Waals surface area (Å²) in [7, 11) is 3.23. The SMILES string of the molecule is C=CC(=O)N1CC[C@H](C(=O)N(C)[C@H](C(=O)N[C@H]2Cc3cc(C)cc(c3)-c3ccc4c(c3)c(c(/C(C=C)=C(/N=C\C)[C@H](C)OC)n4CC)CC(C)(C)COC(=O)[C@@]3(O)CCCN(N3)C2=O)C(C)C)C1. The molecule has 0 spiro atoms. The Morgan fingerprint density at radius 2 is 1.82 bits per heavy atom. The Kier molecular flexibility index (Phi) is 16.0. The molecule has 2 saturated heterocycles. The fourth-order valence-electron chi connectivity index (χ4n) is 10.1. The van der Waals surface area contributed by atoms with Crippen molar-refractivity contribution in [2.24, 2.45) is 22.2 Å². The Hall–Kier alpha value is -5.90. The van der Waals surface area contributed by atoms with Crippen molar-refractivity contribution in [2.45, 2.75) is 118 Å². The molecule has 4 heterocycles. The second kappa shape index (κ2) is 21.2. The molecule has 366 valence electrons. The number of hydrazine groups is 1. The van der Waals surface area contributed by atoms with Crippen LogP contribution in [0.5, 0.6) is 0 Å². The van der Waals surface area contributed by atoms with Crippen LogP contribution < -0.4 is 10.7 Å². The number of esters is 1. The number of aliphatic hydroxyl groups is 1. The zero-order valence-corrected chi connectivity index (χ0v) is 41.6. The molecule has 0 unspecified atom stereocenters. The van der Waals surface area contributed by atoms with E-state index in [2.05, 4.69) is 59.7 Å². The van der Waals surface area contributed by atoms with Crippen molar-refractivity contribution in [1.82, 2.24) is 30.1 Å². The lowest BCUT2D eigenvalue weighted by atomic mass is 9.84. The van der Waals surface area contributed by atoms with Crippen LogP contribution in [0.25, 0.3) is 27.6 Å². The average molecular weight is 934 g/mol. The van der Waals surface area contributed by atoms with Crippen molar-refractivity contribution in [3.05, 3.63) is 89.8 Å². The van der Waals surface area contributed by atoms with Gasteiger partial charge < -0.3 is 34.3 Å². The summed E-state index contributed by atoms with van der Waals surface area (Å²) in [5.74, 6) is -3.42. The van der Waals surface area contributed by atoms with Gasteiger partial charge in [0.05, 0.1) is 30.0 Å². The van der Waals surface area contributed by atoms with Crippen LogP contribution in [0.4, 0.5) is 0 Å². The van der Waals surface area contributed by atoms with E-state index in [-0.39, 0.29) is 62.8 Å². The van der Waals surface area contributed by atoms with Crippen molar-refractivity contribution in [3.8, 4) is 11.1 Å². The van der Waals surface area contributed by atoms with Gasteiger partial charge in [-0.25, -0.2) is 4.79 Å². The second-order valence-corrected chi connectivity index (χ2v) is 19.6. The number of allylic oxidation sites excluding steroid dienone is 2. The number of nitrogens with one attached hydrogen (secondary N) is 2. The van der Waals surface area contributed by atoms with Gasteiger partial charge >= 0.3 is 5.97 Å². The molecule has 0 saturated carbocycles. The topological polar surface area (TPSA) is 175 Å². The van der Waals surface area contributed by atoms with E-state index < -0.39 is 46.9 Å². The molecule has 68 heavy (non-hydrogen) atoms. The number of methoxy groups -OCH3 is 1. The van der Waals surface area contributed by atoms with E-state index in [0.717, 1.165) is 55.7 Å². The van der Waals surface area contributed by atoms with Gasteiger partial charge in [0.1, 0.15) is 12.1 Å². The highest BCUT2D eigenvalue weighted by Crippen LogP contribution is 2.40. The number of fused-ring (bicyclic) bond motifs is 6. The number of amides is 4. The van der Waals surface area contributed by atoms with Gasteiger partial charge in [-0.1, -0.05) is 76.8 Å². The smallest absolute Gasteiger partial charge is 0.355 e. The maximum atomic E-state index is 14.8. The van der Waals surface area contributed by atoms with E-state index in [1.165, 1.54) is 16.0 Å². The normalized spacial score (nSPS) is 22.4. The number of carbonyl (C=O) groups excluding carboxylic acids is 5. The summed E-state index contributed by atoms with van der Waals surface area (Å²) >= 11 is 0. The van der Waals surface area contributed by atoms with Crippen LogP contribution in [-0.2, 0) is 52.8 Å². The summed E-state index contributed by atoms with van der Waals surface area (Å²) < 4.78 is 14.1. The summed E-state index contributed by atoms with van der Waals surface area (Å²) in [6.07, 6.45) is 5.65. The molecule has 1 aromatic heterocycles. The van der Waals surface area contributed by atoms with Crippen LogP contribution in [0.15, 0.2) is 72.4 Å². The number of rotatable bonds is 12. The highest BCUT2D eigenvalue weighted by atomic mass is 16.6. The number of ether oxygens (including phenoxy) is 2. The molecule has 6 bridgehead atoms. The van der Waals surface area contributed by atoms with Crippen molar-refractivity contribution >= 4 is 52.3 Å². The monoisotopic (exact) mass is 934 g/mol. The van der Waals surface area contributed by atoms with Crippen LogP contribution >= 0.6 is 0 Å². The number of aliphatic imine (C=N–C) groups is 1. The maximum Gasteiger partial charge on any atom is 0.355 e.